The fourth-order valence-electron chi connectivity index (χ4n) is 2.28. The molecule has 0 spiro atoms. The Balaban J connectivity index is 2.86. The Labute approximate surface area is 130 Å². The Morgan fingerprint density at radius 2 is 1.71 bits per heavy atom. The summed E-state index contributed by atoms with van der Waals surface area (Å²) < 4.78 is 6.02. The summed E-state index contributed by atoms with van der Waals surface area (Å²) in [6, 6.07) is 4.72. The minimum absolute atomic E-state index is 0.200. The fourth-order valence-corrected chi connectivity index (χ4v) is 2.28. The second kappa shape index (κ2) is 8.38. The van der Waals surface area contributed by atoms with Crippen molar-refractivity contribution in [2.24, 2.45) is 5.92 Å². The van der Waals surface area contributed by atoms with Gasteiger partial charge in [0.2, 0.25) is 5.88 Å². The van der Waals surface area contributed by atoms with Crippen LogP contribution in [0, 0.1) is 5.92 Å². The maximum atomic E-state index is 6.02. The maximum Gasteiger partial charge on any atom is 0.214 e. The van der Waals surface area contributed by atoms with Crippen LogP contribution in [0.5, 0.6) is 5.88 Å². The van der Waals surface area contributed by atoms with E-state index >= 15 is 0 Å². The maximum absolute atomic E-state index is 6.02. The molecule has 0 aliphatic heterocycles. The Morgan fingerprint density at radius 1 is 1.05 bits per heavy atom. The van der Waals surface area contributed by atoms with Gasteiger partial charge in [0.25, 0.3) is 0 Å². The summed E-state index contributed by atoms with van der Waals surface area (Å²) >= 11 is 0. The third kappa shape index (κ3) is 6.94. The molecule has 0 aliphatic carbocycles. The molecule has 1 aromatic rings. The van der Waals surface area contributed by atoms with Crippen molar-refractivity contribution in [1.29, 1.82) is 0 Å². The first-order valence-corrected chi connectivity index (χ1v) is 8.18. The first kappa shape index (κ1) is 18.0. The van der Waals surface area contributed by atoms with E-state index in [0.717, 1.165) is 24.5 Å². The SMILES string of the molecule is CC(C)CC(C)Oc1cc(CNC(C)C)cc(C(C)C)n1. The van der Waals surface area contributed by atoms with Gasteiger partial charge in [-0.25, -0.2) is 4.98 Å². The molecule has 0 amide bonds. The largest absolute Gasteiger partial charge is 0.475 e. The van der Waals surface area contributed by atoms with E-state index in [-0.39, 0.29) is 6.10 Å². The minimum Gasteiger partial charge on any atom is -0.475 e. The van der Waals surface area contributed by atoms with Gasteiger partial charge in [0.1, 0.15) is 0 Å². The molecule has 1 unspecified atom stereocenters. The zero-order valence-electron chi connectivity index (χ0n) is 14.7. The predicted octanol–water partition coefficient (Wildman–Crippen LogP) is 4.52. The van der Waals surface area contributed by atoms with Crippen molar-refractivity contribution < 1.29 is 4.74 Å². The third-order valence-electron chi connectivity index (χ3n) is 3.31. The molecule has 1 aromatic heterocycles. The molecule has 120 valence electrons. The summed E-state index contributed by atoms with van der Waals surface area (Å²) in [5.41, 5.74) is 2.35. The van der Waals surface area contributed by atoms with Crippen LogP contribution >= 0.6 is 0 Å². The van der Waals surface area contributed by atoms with E-state index < -0.39 is 0 Å². The standard InChI is InChI=1S/C18H32N2O/c1-12(2)8-15(7)21-18-10-16(11-19-14(5)6)9-17(20-18)13(3)4/h9-10,12-15,19H,8,11H2,1-7H3. The zero-order chi connectivity index (χ0) is 16.0. The van der Waals surface area contributed by atoms with Gasteiger partial charge in [-0.2, -0.15) is 0 Å². The van der Waals surface area contributed by atoms with E-state index in [1.807, 2.05) is 0 Å². The van der Waals surface area contributed by atoms with E-state index in [9.17, 15) is 0 Å². The van der Waals surface area contributed by atoms with E-state index in [0.29, 0.717) is 17.9 Å². The Bertz CT molecular complexity index is 427. The lowest BCUT2D eigenvalue weighted by Gasteiger charge is -2.18. The zero-order valence-corrected chi connectivity index (χ0v) is 14.7. The van der Waals surface area contributed by atoms with Crippen molar-refractivity contribution in [1.82, 2.24) is 10.3 Å². The molecule has 1 heterocycles. The van der Waals surface area contributed by atoms with Crippen LogP contribution in [-0.4, -0.2) is 17.1 Å². The number of pyridine rings is 1. The van der Waals surface area contributed by atoms with Gasteiger partial charge in [-0.15, -0.1) is 0 Å². The van der Waals surface area contributed by atoms with Gasteiger partial charge in [0.05, 0.1) is 6.10 Å². The molecule has 0 fully saturated rings. The number of nitrogens with zero attached hydrogens (tertiary/aromatic N) is 1. The second-order valence-corrected chi connectivity index (χ2v) is 6.99. The number of ether oxygens (including phenoxy) is 1. The number of aromatic nitrogens is 1. The molecule has 0 bridgehead atoms. The van der Waals surface area contributed by atoms with E-state index in [4.69, 9.17) is 4.74 Å². The van der Waals surface area contributed by atoms with Gasteiger partial charge in [-0.1, -0.05) is 41.5 Å². The van der Waals surface area contributed by atoms with E-state index in [1.165, 1.54) is 5.56 Å². The van der Waals surface area contributed by atoms with Gasteiger partial charge in [0.15, 0.2) is 0 Å². The van der Waals surface area contributed by atoms with Gasteiger partial charge in [0, 0.05) is 24.3 Å². The van der Waals surface area contributed by atoms with Gasteiger partial charge >= 0.3 is 0 Å². The lowest BCUT2D eigenvalue weighted by Crippen LogP contribution is -2.22. The fraction of sp³-hybridized carbons (Fsp3) is 0.722. The summed E-state index contributed by atoms with van der Waals surface area (Å²) in [6.45, 7) is 16.1. The van der Waals surface area contributed by atoms with Crippen molar-refractivity contribution in [3.8, 4) is 5.88 Å². The molecular weight excluding hydrogens is 260 g/mol. The van der Waals surface area contributed by atoms with Crippen LogP contribution in [-0.2, 0) is 6.54 Å². The van der Waals surface area contributed by atoms with Crippen LogP contribution in [0.4, 0.5) is 0 Å². The molecule has 1 atom stereocenters. The van der Waals surface area contributed by atoms with Crippen LogP contribution in [0.2, 0.25) is 0 Å². The number of rotatable bonds is 8. The molecule has 1 N–H and O–H groups in total. The smallest absolute Gasteiger partial charge is 0.214 e. The topological polar surface area (TPSA) is 34.1 Å². The van der Waals surface area contributed by atoms with Crippen LogP contribution in [0.25, 0.3) is 0 Å². The van der Waals surface area contributed by atoms with Crippen molar-refractivity contribution in [2.75, 3.05) is 0 Å². The number of nitrogens with one attached hydrogen (secondary N) is 1. The van der Waals surface area contributed by atoms with Crippen LogP contribution in [0.15, 0.2) is 12.1 Å². The molecule has 0 aromatic carbocycles. The molecule has 0 saturated heterocycles. The molecule has 3 nitrogen and oxygen atoms in total. The first-order valence-electron chi connectivity index (χ1n) is 8.18. The lowest BCUT2D eigenvalue weighted by atomic mass is 10.1. The van der Waals surface area contributed by atoms with Gasteiger partial charge in [-0.3, -0.25) is 0 Å². The molecule has 3 heteroatoms. The molecule has 1 rings (SSSR count). The summed E-state index contributed by atoms with van der Waals surface area (Å²) in [4.78, 5) is 4.66. The molecular formula is C18H32N2O. The highest BCUT2D eigenvalue weighted by Gasteiger charge is 2.11. The average Bonchev–Trinajstić information content (AvgIpc) is 2.34. The summed E-state index contributed by atoms with van der Waals surface area (Å²) in [7, 11) is 0. The molecule has 0 saturated carbocycles. The third-order valence-corrected chi connectivity index (χ3v) is 3.31. The van der Waals surface area contributed by atoms with Crippen molar-refractivity contribution >= 4 is 0 Å². The summed E-state index contributed by atoms with van der Waals surface area (Å²) in [6.07, 6.45) is 1.25. The average molecular weight is 292 g/mol. The molecule has 0 aliphatic rings. The van der Waals surface area contributed by atoms with Crippen LogP contribution in [0.3, 0.4) is 0 Å². The summed E-state index contributed by atoms with van der Waals surface area (Å²) in [5, 5.41) is 3.46. The Hall–Kier alpha value is -1.09. The Kier molecular flexibility index (Phi) is 7.16. The first-order chi connectivity index (χ1) is 9.77. The predicted molar refractivity (Wildman–Crippen MR) is 89.8 cm³/mol. The van der Waals surface area contributed by atoms with E-state index in [2.05, 4.69) is 70.9 Å². The normalized spacial score (nSPS) is 13.2. The highest BCUT2D eigenvalue weighted by molar-refractivity contribution is 5.27. The van der Waals surface area contributed by atoms with Gasteiger partial charge in [-0.05, 0) is 36.8 Å². The number of hydrogen-bond acceptors (Lipinski definition) is 3. The molecule has 0 radical (unpaired) electrons. The second-order valence-electron chi connectivity index (χ2n) is 6.99. The van der Waals surface area contributed by atoms with Crippen molar-refractivity contribution in [2.45, 2.75) is 79.5 Å². The van der Waals surface area contributed by atoms with Crippen LogP contribution < -0.4 is 10.1 Å². The highest BCUT2D eigenvalue weighted by atomic mass is 16.5. The lowest BCUT2D eigenvalue weighted by molar-refractivity contribution is 0.185. The Morgan fingerprint density at radius 3 is 2.24 bits per heavy atom. The van der Waals surface area contributed by atoms with Crippen molar-refractivity contribution in [3.05, 3.63) is 23.4 Å². The van der Waals surface area contributed by atoms with Crippen LogP contribution in [0.1, 0.15) is 72.1 Å². The monoisotopic (exact) mass is 292 g/mol. The minimum atomic E-state index is 0.200. The molecule has 21 heavy (non-hydrogen) atoms. The van der Waals surface area contributed by atoms with Crippen molar-refractivity contribution in [3.63, 3.8) is 0 Å². The quantitative estimate of drug-likeness (QED) is 0.765. The summed E-state index contributed by atoms with van der Waals surface area (Å²) in [5.74, 6) is 1.80. The van der Waals surface area contributed by atoms with E-state index in [1.54, 1.807) is 0 Å². The number of hydrogen-bond donors (Lipinski definition) is 1. The highest BCUT2D eigenvalue weighted by Crippen LogP contribution is 2.21. The van der Waals surface area contributed by atoms with Gasteiger partial charge < -0.3 is 10.1 Å².